The fraction of sp³-hybridized carbons (Fsp3) is 0.533. The summed E-state index contributed by atoms with van der Waals surface area (Å²) >= 11 is 0. The molecule has 0 amide bonds. The molecular formula is C15H22N2O2. The van der Waals surface area contributed by atoms with Gasteiger partial charge in [-0.05, 0) is 42.9 Å². The smallest absolute Gasteiger partial charge is 0.340 e. The average molecular weight is 262 g/mol. The number of ether oxygens (including phenoxy) is 1. The van der Waals surface area contributed by atoms with E-state index in [9.17, 15) is 4.79 Å². The predicted molar refractivity (Wildman–Crippen MR) is 77.3 cm³/mol. The maximum atomic E-state index is 11.7. The van der Waals surface area contributed by atoms with Gasteiger partial charge in [-0.25, -0.2) is 4.79 Å². The molecular weight excluding hydrogens is 240 g/mol. The van der Waals surface area contributed by atoms with Gasteiger partial charge < -0.3 is 15.8 Å². The second-order valence-corrected chi connectivity index (χ2v) is 5.36. The highest BCUT2D eigenvalue weighted by atomic mass is 16.5. The molecule has 2 rings (SSSR count). The summed E-state index contributed by atoms with van der Waals surface area (Å²) in [5.41, 5.74) is 8.01. The number of methoxy groups -OCH3 is 1. The number of nitrogens with two attached hydrogens (primary N) is 1. The van der Waals surface area contributed by atoms with Crippen LogP contribution < -0.4 is 11.1 Å². The van der Waals surface area contributed by atoms with Crippen LogP contribution in [0, 0.1) is 5.41 Å². The molecule has 1 aromatic rings. The molecule has 1 aliphatic rings. The van der Waals surface area contributed by atoms with Crippen LogP contribution in [-0.2, 0) is 4.74 Å². The number of rotatable bonds is 5. The molecule has 0 bridgehead atoms. The number of esters is 1. The van der Waals surface area contributed by atoms with Gasteiger partial charge in [-0.2, -0.15) is 0 Å². The second-order valence-electron chi connectivity index (χ2n) is 5.36. The van der Waals surface area contributed by atoms with Crippen molar-refractivity contribution >= 4 is 17.3 Å². The molecule has 1 fully saturated rings. The van der Waals surface area contributed by atoms with Crippen LogP contribution in [-0.4, -0.2) is 19.6 Å². The molecule has 0 heterocycles. The minimum Gasteiger partial charge on any atom is -0.465 e. The number of nitrogens with one attached hydrogen (secondary N) is 1. The van der Waals surface area contributed by atoms with Gasteiger partial charge in [0.1, 0.15) is 0 Å². The van der Waals surface area contributed by atoms with Crippen molar-refractivity contribution in [1.82, 2.24) is 0 Å². The third-order valence-corrected chi connectivity index (χ3v) is 4.27. The maximum absolute atomic E-state index is 11.7. The molecule has 0 unspecified atom stereocenters. The van der Waals surface area contributed by atoms with Gasteiger partial charge in [-0.1, -0.05) is 13.3 Å². The summed E-state index contributed by atoms with van der Waals surface area (Å²) in [4.78, 5) is 11.7. The number of hydrogen-bond donors (Lipinski definition) is 2. The topological polar surface area (TPSA) is 64.3 Å². The highest BCUT2D eigenvalue weighted by Crippen LogP contribution is 2.43. The Morgan fingerprint density at radius 1 is 1.47 bits per heavy atom. The molecule has 0 radical (unpaired) electrons. The van der Waals surface area contributed by atoms with Gasteiger partial charge in [0.2, 0.25) is 0 Å². The van der Waals surface area contributed by atoms with Gasteiger partial charge >= 0.3 is 5.97 Å². The molecule has 19 heavy (non-hydrogen) atoms. The SMILES string of the molecule is CCC1(CNc2ccc(N)cc2C(=O)OC)CCC1. The van der Waals surface area contributed by atoms with Gasteiger partial charge in [0, 0.05) is 17.9 Å². The average Bonchev–Trinajstić information content (AvgIpc) is 2.38. The largest absolute Gasteiger partial charge is 0.465 e. The maximum Gasteiger partial charge on any atom is 0.340 e. The van der Waals surface area contributed by atoms with E-state index in [1.54, 1.807) is 12.1 Å². The molecule has 1 aromatic carbocycles. The Bertz CT molecular complexity index is 462. The van der Waals surface area contributed by atoms with Crippen LogP contribution in [0.25, 0.3) is 0 Å². The van der Waals surface area contributed by atoms with Crippen LogP contribution in [0.15, 0.2) is 18.2 Å². The third-order valence-electron chi connectivity index (χ3n) is 4.27. The van der Waals surface area contributed by atoms with E-state index in [0.717, 1.165) is 12.2 Å². The Kier molecular flexibility index (Phi) is 3.98. The third kappa shape index (κ3) is 2.83. The summed E-state index contributed by atoms with van der Waals surface area (Å²) in [6.07, 6.45) is 5.00. The van der Waals surface area contributed by atoms with E-state index >= 15 is 0 Å². The minimum absolute atomic E-state index is 0.353. The zero-order chi connectivity index (χ0) is 13.9. The van der Waals surface area contributed by atoms with Crippen molar-refractivity contribution in [3.63, 3.8) is 0 Å². The first-order valence-corrected chi connectivity index (χ1v) is 6.82. The van der Waals surface area contributed by atoms with E-state index in [4.69, 9.17) is 10.5 Å². The van der Waals surface area contributed by atoms with Crippen molar-refractivity contribution in [2.75, 3.05) is 24.7 Å². The van der Waals surface area contributed by atoms with Crippen LogP contribution >= 0.6 is 0 Å². The molecule has 0 spiro atoms. The summed E-state index contributed by atoms with van der Waals surface area (Å²) in [5, 5.41) is 3.39. The number of carbonyl (C=O) groups is 1. The molecule has 3 N–H and O–H groups in total. The van der Waals surface area contributed by atoms with E-state index in [1.165, 1.54) is 32.8 Å². The van der Waals surface area contributed by atoms with Gasteiger partial charge in [0.05, 0.1) is 12.7 Å². The summed E-state index contributed by atoms with van der Waals surface area (Å²) in [7, 11) is 1.38. The van der Waals surface area contributed by atoms with Crippen molar-refractivity contribution in [3.8, 4) is 0 Å². The van der Waals surface area contributed by atoms with Crippen LogP contribution in [0.3, 0.4) is 0 Å². The van der Waals surface area contributed by atoms with Crippen molar-refractivity contribution in [2.24, 2.45) is 5.41 Å². The van der Waals surface area contributed by atoms with E-state index < -0.39 is 0 Å². The lowest BCUT2D eigenvalue weighted by molar-refractivity contribution is 0.0601. The van der Waals surface area contributed by atoms with Crippen molar-refractivity contribution in [1.29, 1.82) is 0 Å². The molecule has 0 aliphatic heterocycles. The normalized spacial score (nSPS) is 16.5. The molecule has 104 valence electrons. The van der Waals surface area contributed by atoms with E-state index in [2.05, 4.69) is 12.2 Å². The first kappa shape index (κ1) is 13.7. The van der Waals surface area contributed by atoms with Gasteiger partial charge in [-0.15, -0.1) is 0 Å². The van der Waals surface area contributed by atoms with Crippen LogP contribution in [0.1, 0.15) is 43.0 Å². The zero-order valence-electron chi connectivity index (χ0n) is 11.7. The highest BCUT2D eigenvalue weighted by Gasteiger charge is 2.34. The molecule has 0 saturated heterocycles. The van der Waals surface area contributed by atoms with Crippen LogP contribution in [0.5, 0.6) is 0 Å². The quantitative estimate of drug-likeness (QED) is 0.632. The molecule has 4 nitrogen and oxygen atoms in total. The second kappa shape index (κ2) is 5.51. The number of hydrogen-bond acceptors (Lipinski definition) is 4. The lowest BCUT2D eigenvalue weighted by Gasteiger charge is -2.41. The lowest BCUT2D eigenvalue weighted by Crippen LogP contribution is -2.36. The lowest BCUT2D eigenvalue weighted by atomic mass is 9.67. The molecule has 1 saturated carbocycles. The number of benzene rings is 1. The van der Waals surface area contributed by atoms with E-state index in [1.807, 2.05) is 6.07 Å². The number of carbonyl (C=O) groups excluding carboxylic acids is 1. The van der Waals surface area contributed by atoms with Crippen LogP contribution in [0.2, 0.25) is 0 Å². The van der Waals surface area contributed by atoms with E-state index in [0.29, 0.717) is 16.7 Å². The number of nitrogen functional groups attached to an aromatic ring is 1. The fourth-order valence-electron chi connectivity index (χ4n) is 2.61. The molecule has 0 aromatic heterocycles. The Hall–Kier alpha value is -1.71. The Morgan fingerprint density at radius 3 is 2.74 bits per heavy atom. The fourth-order valence-corrected chi connectivity index (χ4v) is 2.61. The van der Waals surface area contributed by atoms with Gasteiger partial charge in [-0.3, -0.25) is 0 Å². The number of anilines is 2. The molecule has 1 aliphatic carbocycles. The highest BCUT2D eigenvalue weighted by molar-refractivity contribution is 5.96. The van der Waals surface area contributed by atoms with Gasteiger partial charge in [0.15, 0.2) is 0 Å². The van der Waals surface area contributed by atoms with Crippen molar-refractivity contribution < 1.29 is 9.53 Å². The molecule has 0 atom stereocenters. The zero-order valence-corrected chi connectivity index (χ0v) is 11.7. The van der Waals surface area contributed by atoms with Crippen molar-refractivity contribution in [2.45, 2.75) is 32.6 Å². The first-order chi connectivity index (χ1) is 9.10. The Morgan fingerprint density at radius 2 is 2.21 bits per heavy atom. The standard InChI is InChI=1S/C15H22N2O2/c1-3-15(7-4-8-15)10-17-13-6-5-11(16)9-12(13)14(18)19-2/h5-6,9,17H,3-4,7-8,10,16H2,1-2H3. The Labute approximate surface area is 114 Å². The molecule has 4 heteroatoms. The van der Waals surface area contributed by atoms with Crippen LogP contribution in [0.4, 0.5) is 11.4 Å². The minimum atomic E-state index is -0.353. The van der Waals surface area contributed by atoms with Gasteiger partial charge in [0.25, 0.3) is 0 Å². The summed E-state index contributed by atoms with van der Waals surface area (Å²) in [5.74, 6) is -0.353. The summed E-state index contributed by atoms with van der Waals surface area (Å²) < 4.78 is 4.80. The summed E-state index contributed by atoms with van der Waals surface area (Å²) in [6, 6.07) is 5.31. The van der Waals surface area contributed by atoms with E-state index in [-0.39, 0.29) is 5.97 Å². The first-order valence-electron chi connectivity index (χ1n) is 6.82. The predicted octanol–water partition coefficient (Wildman–Crippen LogP) is 3.05. The Balaban J connectivity index is 2.13. The summed E-state index contributed by atoms with van der Waals surface area (Å²) in [6.45, 7) is 3.13. The monoisotopic (exact) mass is 262 g/mol. The van der Waals surface area contributed by atoms with Crippen molar-refractivity contribution in [3.05, 3.63) is 23.8 Å².